The number of nitrogens with one attached hydrogen (secondary N) is 1. The fourth-order valence-corrected chi connectivity index (χ4v) is 3.38. The monoisotopic (exact) mass is 455 g/mol. The van der Waals surface area contributed by atoms with Crippen LogP contribution in [-0.4, -0.2) is 23.3 Å². The van der Waals surface area contributed by atoms with Crippen molar-refractivity contribution in [3.05, 3.63) is 60.9 Å². The van der Waals surface area contributed by atoms with Crippen LogP contribution in [0.3, 0.4) is 0 Å². The van der Waals surface area contributed by atoms with Crippen LogP contribution in [0.2, 0.25) is 0 Å². The molecule has 0 fully saturated rings. The first-order valence-electron chi connectivity index (χ1n) is 7.05. The Hall–Kier alpha value is -1.93. The zero-order valence-electron chi connectivity index (χ0n) is 13.0. The molecule has 1 heterocycles. The van der Waals surface area contributed by atoms with Crippen LogP contribution in [0.1, 0.15) is 22.8 Å². The van der Waals surface area contributed by atoms with Gasteiger partial charge in [-0.1, -0.05) is 0 Å². The molecule has 2 aromatic rings. The van der Waals surface area contributed by atoms with E-state index < -0.39 is 5.91 Å². The summed E-state index contributed by atoms with van der Waals surface area (Å²) in [6.07, 6.45) is 3.06. The number of nitrogens with zero attached hydrogens (tertiary/aromatic N) is 2. The molecule has 6 nitrogen and oxygen atoms in total. The van der Waals surface area contributed by atoms with Gasteiger partial charge in [0.2, 0.25) is 0 Å². The number of aryl methyl sites for hydroxylation is 1. The molecule has 0 unspecified atom stereocenters. The molecule has 0 bridgehead atoms. The number of carbonyl (C=O) groups excluding carboxylic acids is 1. The van der Waals surface area contributed by atoms with Gasteiger partial charge < -0.3 is 9.30 Å². The van der Waals surface area contributed by atoms with Crippen LogP contribution >= 0.6 is 31.9 Å². The number of rotatable bonds is 5. The Balaban J connectivity index is 2.13. The number of hydrogen-bond acceptors (Lipinski definition) is 4. The summed E-state index contributed by atoms with van der Waals surface area (Å²) in [5.41, 5.74) is 2.75. The second-order valence-corrected chi connectivity index (χ2v) is 6.49. The topological polar surface area (TPSA) is 72.7 Å². The molecule has 0 atom stereocenters. The molecule has 1 N–H and O–H groups in total. The first-order valence-corrected chi connectivity index (χ1v) is 8.63. The van der Waals surface area contributed by atoms with Gasteiger partial charge in [0.15, 0.2) is 0 Å². The second kappa shape index (κ2) is 8.25. The minimum atomic E-state index is -0.559. The lowest BCUT2D eigenvalue weighted by Gasteiger charge is -2.09. The van der Waals surface area contributed by atoms with Crippen molar-refractivity contribution in [1.82, 2.24) is 9.99 Å². The Kier molecular flexibility index (Phi) is 6.33. The quantitative estimate of drug-likeness (QED) is 0.555. The van der Waals surface area contributed by atoms with Crippen LogP contribution in [0.4, 0.5) is 0 Å². The van der Waals surface area contributed by atoms with E-state index >= 15 is 0 Å². The summed E-state index contributed by atoms with van der Waals surface area (Å²) in [5, 5.41) is 3.89. The van der Waals surface area contributed by atoms with E-state index in [4.69, 9.17) is 4.74 Å². The van der Waals surface area contributed by atoms with Gasteiger partial charge in [-0.3, -0.25) is 9.59 Å². The first kappa shape index (κ1) is 18.4. The first-order chi connectivity index (χ1) is 11.4. The second-order valence-electron chi connectivity index (χ2n) is 4.78. The molecule has 1 aromatic heterocycles. The maximum Gasteiger partial charge on any atom is 0.276 e. The van der Waals surface area contributed by atoms with Crippen molar-refractivity contribution in [3.8, 4) is 5.75 Å². The summed E-state index contributed by atoms with van der Waals surface area (Å²) in [5.74, 6) is 0.142. The number of ether oxygens (including phenoxy) is 1. The van der Waals surface area contributed by atoms with Gasteiger partial charge in [0.1, 0.15) is 11.3 Å². The highest BCUT2D eigenvalue weighted by molar-refractivity contribution is 9.11. The number of hydrogen-bond donors (Lipinski definition) is 1. The van der Waals surface area contributed by atoms with Gasteiger partial charge >= 0.3 is 0 Å². The predicted molar refractivity (Wildman–Crippen MR) is 99.8 cm³/mol. The predicted octanol–water partition coefficient (Wildman–Crippen LogP) is 3.07. The van der Waals surface area contributed by atoms with E-state index in [0.717, 1.165) is 14.5 Å². The summed E-state index contributed by atoms with van der Waals surface area (Å²) in [4.78, 5) is 23.9. The lowest BCUT2D eigenvalue weighted by molar-refractivity contribution is 0.0953. The minimum absolute atomic E-state index is 0.0335. The maximum atomic E-state index is 12.0. The zero-order chi connectivity index (χ0) is 17.7. The smallest absolute Gasteiger partial charge is 0.276 e. The average Bonchev–Trinajstić information content (AvgIpc) is 2.53. The summed E-state index contributed by atoms with van der Waals surface area (Å²) in [6.45, 7) is 2.45. The van der Waals surface area contributed by atoms with Crippen molar-refractivity contribution in [2.45, 2.75) is 6.92 Å². The number of benzene rings is 1. The van der Waals surface area contributed by atoms with Crippen molar-refractivity contribution in [2.75, 3.05) is 6.61 Å². The Morgan fingerprint density at radius 2 is 2.04 bits per heavy atom. The Labute approximate surface area is 155 Å². The molecule has 0 aliphatic carbocycles. The number of pyridine rings is 1. The summed E-state index contributed by atoms with van der Waals surface area (Å²) < 4.78 is 8.37. The highest BCUT2D eigenvalue weighted by atomic mass is 79.9. The highest BCUT2D eigenvalue weighted by Gasteiger charge is 2.10. The number of amides is 1. The summed E-state index contributed by atoms with van der Waals surface area (Å²) >= 11 is 6.85. The van der Waals surface area contributed by atoms with Gasteiger partial charge in [-0.15, -0.1) is 0 Å². The molecule has 1 aromatic carbocycles. The van der Waals surface area contributed by atoms with E-state index in [2.05, 4.69) is 42.4 Å². The van der Waals surface area contributed by atoms with E-state index in [1.807, 2.05) is 19.1 Å². The van der Waals surface area contributed by atoms with Crippen molar-refractivity contribution in [1.29, 1.82) is 0 Å². The summed E-state index contributed by atoms with van der Waals surface area (Å²) in [6, 6.07) is 6.71. The van der Waals surface area contributed by atoms with Gasteiger partial charge in [0, 0.05) is 13.2 Å². The van der Waals surface area contributed by atoms with E-state index in [9.17, 15) is 9.59 Å². The largest absolute Gasteiger partial charge is 0.492 e. The molecule has 2 rings (SSSR count). The van der Waals surface area contributed by atoms with Crippen LogP contribution in [0.15, 0.2) is 49.3 Å². The van der Waals surface area contributed by atoms with E-state index in [1.165, 1.54) is 16.8 Å². The number of carbonyl (C=O) groups is 1. The number of aromatic nitrogens is 1. The van der Waals surface area contributed by atoms with Crippen molar-refractivity contribution in [3.63, 3.8) is 0 Å². The van der Waals surface area contributed by atoms with Gasteiger partial charge in [0.25, 0.3) is 11.5 Å². The van der Waals surface area contributed by atoms with Gasteiger partial charge in [0.05, 0.1) is 21.8 Å². The van der Waals surface area contributed by atoms with Crippen LogP contribution in [0.5, 0.6) is 5.75 Å². The lowest BCUT2D eigenvalue weighted by Crippen LogP contribution is -2.29. The standard InChI is InChI=1S/C16H15Br2N3O3/c1-3-24-14-12(17)7-10(8-13(14)18)9-19-20-15(22)11-5-4-6-21(2)16(11)23/h4-9H,3H2,1-2H3,(H,20,22)/b19-9-. The van der Waals surface area contributed by atoms with E-state index in [0.29, 0.717) is 12.4 Å². The van der Waals surface area contributed by atoms with Crippen LogP contribution in [0, 0.1) is 0 Å². The third-order valence-electron chi connectivity index (χ3n) is 3.06. The van der Waals surface area contributed by atoms with Gasteiger partial charge in [-0.2, -0.15) is 5.10 Å². The molecule has 0 spiro atoms. The van der Waals surface area contributed by atoms with Gasteiger partial charge in [-0.05, 0) is 68.6 Å². The fraction of sp³-hybridized carbons (Fsp3) is 0.188. The lowest BCUT2D eigenvalue weighted by atomic mass is 10.2. The molecule has 1 amide bonds. The van der Waals surface area contributed by atoms with E-state index in [1.54, 1.807) is 19.3 Å². The molecular weight excluding hydrogens is 442 g/mol. The minimum Gasteiger partial charge on any atom is -0.492 e. The molecule has 126 valence electrons. The molecule has 0 radical (unpaired) electrons. The number of hydrazone groups is 1. The van der Waals surface area contributed by atoms with Crippen molar-refractivity contribution >= 4 is 44.0 Å². The van der Waals surface area contributed by atoms with Crippen LogP contribution in [0.25, 0.3) is 0 Å². The molecule has 8 heteroatoms. The molecular formula is C16H15Br2N3O3. The number of halogens is 2. The van der Waals surface area contributed by atoms with Crippen molar-refractivity contribution in [2.24, 2.45) is 12.1 Å². The van der Waals surface area contributed by atoms with Gasteiger partial charge in [-0.25, -0.2) is 5.43 Å². The fourth-order valence-electron chi connectivity index (χ4n) is 1.93. The maximum absolute atomic E-state index is 12.0. The zero-order valence-corrected chi connectivity index (χ0v) is 16.2. The normalized spacial score (nSPS) is 10.8. The SMILES string of the molecule is CCOc1c(Br)cc(/C=N\NC(=O)c2cccn(C)c2=O)cc1Br. The molecule has 0 saturated heterocycles. The summed E-state index contributed by atoms with van der Waals surface area (Å²) in [7, 11) is 1.58. The molecule has 0 aliphatic rings. The van der Waals surface area contributed by atoms with Crippen molar-refractivity contribution < 1.29 is 9.53 Å². The Morgan fingerprint density at radius 3 is 2.67 bits per heavy atom. The third kappa shape index (κ3) is 4.33. The van der Waals surface area contributed by atoms with Crippen LogP contribution < -0.4 is 15.7 Å². The average molecular weight is 457 g/mol. The van der Waals surface area contributed by atoms with Crippen LogP contribution in [-0.2, 0) is 7.05 Å². The highest BCUT2D eigenvalue weighted by Crippen LogP contribution is 2.34. The van der Waals surface area contributed by atoms with E-state index in [-0.39, 0.29) is 11.1 Å². The molecule has 0 aliphatic heterocycles. The third-order valence-corrected chi connectivity index (χ3v) is 4.24. The molecule has 0 saturated carbocycles. The Bertz CT molecular complexity index is 824. The Morgan fingerprint density at radius 1 is 1.38 bits per heavy atom. The molecule has 24 heavy (non-hydrogen) atoms.